The Balaban J connectivity index is 3.30. The van der Waals surface area contributed by atoms with Gasteiger partial charge in [-0.2, -0.15) is 0 Å². The molecule has 2 unspecified atom stereocenters. The number of fused-ring (bicyclic) bond motifs is 1. The molecule has 1 aliphatic carbocycles. The summed E-state index contributed by atoms with van der Waals surface area (Å²) in [7, 11) is 0. The van der Waals surface area contributed by atoms with Crippen LogP contribution >= 0.6 is 0 Å². The van der Waals surface area contributed by atoms with Gasteiger partial charge in [0.1, 0.15) is 5.92 Å². The van der Waals surface area contributed by atoms with E-state index in [1.54, 1.807) is 0 Å². The highest BCUT2D eigenvalue weighted by Gasteiger charge is 2.81. The molecule has 12 nitrogen and oxygen atoms in total. The van der Waals surface area contributed by atoms with Gasteiger partial charge in [-0.15, -0.1) is 0 Å². The molecule has 2 rings (SSSR count). The highest BCUT2D eigenvalue weighted by Crippen LogP contribution is 2.58. The lowest BCUT2D eigenvalue weighted by atomic mass is 9.46. The van der Waals surface area contributed by atoms with Crippen LogP contribution < -0.4 is 0 Å². The summed E-state index contributed by atoms with van der Waals surface area (Å²) >= 11 is 0. The van der Waals surface area contributed by atoms with E-state index in [-0.39, 0.29) is 0 Å². The van der Waals surface area contributed by atoms with E-state index in [1.807, 2.05) is 0 Å². The Labute approximate surface area is 154 Å². The topological polar surface area (TPSA) is 224 Å². The minimum Gasteiger partial charge on any atom is -0.481 e. The van der Waals surface area contributed by atoms with Crippen molar-refractivity contribution in [3.8, 4) is 0 Å². The maximum absolute atomic E-state index is 12.1. The molecule has 0 bridgehead atoms. The van der Waals surface area contributed by atoms with Crippen molar-refractivity contribution in [1.29, 1.82) is 0 Å². The molecule has 12 heteroatoms. The highest BCUT2D eigenvalue weighted by molar-refractivity contribution is 6.20. The maximum Gasteiger partial charge on any atom is 0.327 e. The Bertz CT molecular complexity index is 901. The minimum atomic E-state index is -4.08. The van der Waals surface area contributed by atoms with Crippen molar-refractivity contribution < 1.29 is 59.4 Å². The van der Waals surface area contributed by atoms with E-state index in [1.165, 1.54) is 0 Å². The van der Waals surface area contributed by atoms with E-state index < -0.39 is 69.6 Å². The molecule has 0 aromatic heterocycles. The Morgan fingerprint density at radius 2 is 1.14 bits per heavy atom. The Morgan fingerprint density at radius 1 is 0.679 bits per heavy atom. The van der Waals surface area contributed by atoms with Gasteiger partial charge in [0.05, 0.1) is 5.92 Å². The average Bonchev–Trinajstić information content (AvgIpc) is 2.57. The molecule has 0 saturated heterocycles. The molecule has 0 saturated carbocycles. The van der Waals surface area contributed by atoms with Crippen LogP contribution in [0.25, 0.3) is 0 Å². The fourth-order valence-electron chi connectivity index (χ4n) is 3.93. The Morgan fingerprint density at radius 3 is 1.50 bits per heavy atom. The van der Waals surface area contributed by atoms with E-state index in [9.17, 15) is 59.4 Å². The zero-order valence-corrected chi connectivity index (χ0v) is 13.6. The van der Waals surface area contributed by atoms with Gasteiger partial charge in [0.25, 0.3) is 0 Å². The van der Waals surface area contributed by atoms with Gasteiger partial charge in [-0.25, -0.2) is 0 Å². The monoisotopic (exact) mass is 396 g/mol. The van der Waals surface area contributed by atoms with Crippen molar-refractivity contribution in [2.75, 3.05) is 0 Å². The van der Waals surface area contributed by atoms with Gasteiger partial charge in [-0.05, 0) is 11.1 Å². The van der Waals surface area contributed by atoms with Crippen molar-refractivity contribution >= 4 is 35.8 Å². The fraction of sp³-hybridized carbons (Fsp3) is 0.250. The molecule has 6 N–H and O–H groups in total. The third-order valence-electron chi connectivity index (χ3n) is 4.94. The second-order valence-corrected chi connectivity index (χ2v) is 6.00. The summed E-state index contributed by atoms with van der Waals surface area (Å²) < 4.78 is 0. The summed E-state index contributed by atoms with van der Waals surface area (Å²) in [4.78, 5) is 72.0. The molecule has 0 radical (unpaired) electrons. The van der Waals surface area contributed by atoms with Crippen LogP contribution in [0, 0.1) is 11.3 Å². The Hall–Kier alpha value is -3.96. The minimum absolute atomic E-state index is 0.620. The predicted octanol–water partition coefficient (Wildman–Crippen LogP) is -0.868. The van der Waals surface area contributed by atoms with Crippen LogP contribution in [0.15, 0.2) is 24.3 Å². The molecule has 1 aromatic carbocycles. The summed E-state index contributed by atoms with van der Waals surface area (Å²) in [6.07, 6.45) is 0. The molecule has 0 amide bonds. The first-order chi connectivity index (χ1) is 12.9. The van der Waals surface area contributed by atoms with Crippen LogP contribution in [0.5, 0.6) is 0 Å². The van der Waals surface area contributed by atoms with E-state index in [2.05, 4.69) is 0 Å². The molecule has 1 aromatic rings. The molecule has 0 aliphatic heterocycles. The van der Waals surface area contributed by atoms with E-state index >= 15 is 0 Å². The van der Waals surface area contributed by atoms with E-state index in [0.29, 0.717) is 0 Å². The lowest BCUT2D eigenvalue weighted by Gasteiger charge is -2.48. The number of hydrogen-bond acceptors (Lipinski definition) is 6. The number of carboxylic acids is 6. The van der Waals surface area contributed by atoms with Crippen LogP contribution in [-0.4, -0.2) is 66.5 Å². The van der Waals surface area contributed by atoms with Gasteiger partial charge in [0, 0.05) is 0 Å². The second-order valence-electron chi connectivity index (χ2n) is 6.00. The second kappa shape index (κ2) is 6.33. The summed E-state index contributed by atoms with van der Waals surface area (Å²) in [5, 5.41) is 57.8. The van der Waals surface area contributed by atoms with Gasteiger partial charge in [-0.1, -0.05) is 24.3 Å². The molecule has 0 heterocycles. The van der Waals surface area contributed by atoms with Gasteiger partial charge in [0.2, 0.25) is 10.8 Å². The summed E-state index contributed by atoms with van der Waals surface area (Å²) in [6.45, 7) is 0. The van der Waals surface area contributed by atoms with Crippen molar-refractivity contribution in [2.24, 2.45) is 11.3 Å². The molecule has 1 aliphatic rings. The number of carbonyl (C=O) groups is 6. The van der Waals surface area contributed by atoms with Crippen molar-refractivity contribution in [2.45, 2.75) is 11.3 Å². The molecule has 2 atom stereocenters. The van der Waals surface area contributed by atoms with Crippen molar-refractivity contribution in [3.05, 3.63) is 35.4 Å². The fourth-order valence-corrected chi connectivity index (χ4v) is 3.93. The van der Waals surface area contributed by atoms with E-state index in [4.69, 9.17) is 0 Å². The zero-order valence-electron chi connectivity index (χ0n) is 13.6. The first kappa shape index (κ1) is 20.4. The molecule has 148 valence electrons. The summed E-state index contributed by atoms with van der Waals surface area (Å²) in [5.41, 5.74) is -9.46. The van der Waals surface area contributed by atoms with Crippen molar-refractivity contribution in [3.63, 3.8) is 0 Å². The molecule has 28 heavy (non-hydrogen) atoms. The molecular formula is C16H12O12. The zero-order chi connectivity index (χ0) is 21.6. The number of hydrogen-bond donors (Lipinski definition) is 6. The van der Waals surface area contributed by atoms with E-state index in [0.717, 1.165) is 24.3 Å². The highest BCUT2D eigenvalue weighted by atomic mass is 16.4. The van der Waals surface area contributed by atoms with Gasteiger partial charge in [-0.3, -0.25) is 28.8 Å². The first-order valence-corrected chi connectivity index (χ1v) is 7.38. The predicted molar refractivity (Wildman–Crippen MR) is 82.6 cm³/mol. The third-order valence-corrected chi connectivity index (χ3v) is 4.94. The van der Waals surface area contributed by atoms with Gasteiger partial charge in [0.15, 0.2) is 0 Å². The Kier molecular flexibility index (Phi) is 4.60. The molecule has 0 spiro atoms. The summed E-state index contributed by atoms with van der Waals surface area (Å²) in [5.74, 6) is -19.7. The number of rotatable bonds is 6. The van der Waals surface area contributed by atoms with Crippen molar-refractivity contribution in [1.82, 2.24) is 0 Å². The lowest BCUT2D eigenvalue weighted by Crippen LogP contribution is -2.71. The average molecular weight is 396 g/mol. The third kappa shape index (κ3) is 2.11. The number of benzene rings is 1. The van der Waals surface area contributed by atoms with Crippen LogP contribution in [0.3, 0.4) is 0 Å². The quantitative estimate of drug-likeness (QED) is 0.323. The van der Waals surface area contributed by atoms with Crippen LogP contribution in [0.1, 0.15) is 17.0 Å². The van der Waals surface area contributed by atoms with Crippen LogP contribution in [0.4, 0.5) is 0 Å². The van der Waals surface area contributed by atoms with Crippen LogP contribution in [0.2, 0.25) is 0 Å². The maximum atomic E-state index is 12.1. The first-order valence-electron chi connectivity index (χ1n) is 7.38. The summed E-state index contributed by atoms with van der Waals surface area (Å²) in [6, 6.07) is 3.87. The standard InChI is InChI=1S/C16H12O12/c17-9(18)7-5-3-1-2-4-6(5)15(11(21)22,12(23)24)16(13(25)26,14(27)28)8(7)10(19)20/h1-4,7-8H,(H,17,18)(H,19,20)(H,21,22)(H,23,24)(H,25,26)(H,27,28). The molecule has 0 fully saturated rings. The number of aliphatic carboxylic acids is 6. The lowest BCUT2D eigenvalue weighted by molar-refractivity contribution is -0.199. The number of carboxylic acid groups (broad SMARTS) is 6. The largest absolute Gasteiger partial charge is 0.481 e. The van der Waals surface area contributed by atoms with Gasteiger partial charge < -0.3 is 30.6 Å². The normalized spacial score (nSPS) is 21.7. The van der Waals surface area contributed by atoms with Crippen LogP contribution in [-0.2, 0) is 34.2 Å². The SMILES string of the molecule is O=C(O)C1c2ccccc2C(C(=O)O)(C(=O)O)C(C(=O)O)(C(=O)O)C1C(=O)O. The molecular weight excluding hydrogens is 384 g/mol. The smallest absolute Gasteiger partial charge is 0.327 e. The van der Waals surface area contributed by atoms with Gasteiger partial charge >= 0.3 is 35.8 Å².